The molecule has 0 unspecified atom stereocenters. The van der Waals surface area contributed by atoms with E-state index in [4.69, 9.17) is 10.5 Å². The van der Waals surface area contributed by atoms with E-state index in [9.17, 15) is 8.42 Å². The molecule has 0 heterocycles. The fraction of sp³-hybridized carbons (Fsp3) is 0.368. The Hall–Kier alpha value is -1.69. The first-order valence-corrected chi connectivity index (χ1v) is 9.74. The van der Waals surface area contributed by atoms with Gasteiger partial charge in [0.25, 0.3) is 0 Å². The van der Waals surface area contributed by atoms with Gasteiger partial charge in [-0.1, -0.05) is 48.5 Å². The lowest BCUT2D eigenvalue weighted by atomic mass is 10.0. The molecule has 0 aliphatic heterocycles. The van der Waals surface area contributed by atoms with Gasteiger partial charge < -0.3 is 10.5 Å². The van der Waals surface area contributed by atoms with Gasteiger partial charge in [-0.2, -0.15) is 0 Å². The molecule has 2 aromatic rings. The maximum Gasteiger partial charge on any atom is 0.182 e. The second-order valence-corrected chi connectivity index (χ2v) is 8.31. The quantitative estimate of drug-likeness (QED) is 0.837. The number of sulfone groups is 1. The summed E-state index contributed by atoms with van der Waals surface area (Å²) in [5.74, 6) is -0.138. The summed E-state index contributed by atoms with van der Waals surface area (Å²) in [5.41, 5.74) is 6.50. The fourth-order valence-electron chi connectivity index (χ4n) is 3.63. The van der Waals surface area contributed by atoms with Gasteiger partial charge in [0.05, 0.1) is 16.8 Å². The minimum atomic E-state index is -3.47. The smallest absolute Gasteiger partial charge is 0.182 e. The van der Waals surface area contributed by atoms with E-state index < -0.39 is 20.5 Å². The molecule has 128 valence electrons. The van der Waals surface area contributed by atoms with Gasteiger partial charge in [-0.15, -0.1) is 0 Å². The van der Waals surface area contributed by atoms with Crippen LogP contribution in [0.2, 0.25) is 0 Å². The van der Waals surface area contributed by atoms with Crippen LogP contribution in [0.3, 0.4) is 0 Å². The van der Waals surface area contributed by atoms with E-state index in [2.05, 4.69) is 0 Å². The molecule has 0 saturated heterocycles. The number of hydrogen-bond donors (Lipinski definition) is 1. The lowest BCUT2D eigenvalue weighted by molar-refractivity contribution is 0.101. The Kier molecular flexibility index (Phi) is 4.76. The third-order valence-electron chi connectivity index (χ3n) is 4.90. The van der Waals surface area contributed by atoms with E-state index in [1.807, 2.05) is 43.3 Å². The van der Waals surface area contributed by atoms with Crippen molar-refractivity contribution in [3.63, 3.8) is 0 Å². The Bertz CT molecular complexity index is 777. The number of benzene rings is 2. The van der Waals surface area contributed by atoms with Crippen LogP contribution in [0.15, 0.2) is 65.6 Å². The summed E-state index contributed by atoms with van der Waals surface area (Å²) < 4.78 is 32.0. The number of rotatable bonds is 7. The van der Waals surface area contributed by atoms with Crippen LogP contribution in [0, 0.1) is 5.41 Å². The van der Waals surface area contributed by atoms with Crippen LogP contribution in [0.1, 0.15) is 18.4 Å². The molecule has 3 rings (SSSR count). The van der Waals surface area contributed by atoms with Crippen molar-refractivity contribution in [2.24, 2.45) is 11.1 Å². The van der Waals surface area contributed by atoms with Crippen LogP contribution >= 0.6 is 0 Å². The molecule has 2 N–H and O–H groups in total. The molecule has 24 heavy (non-hydrogen) atoms. The van der Waals surface area contributed by atoms with Gasteiger partial charge in [0, 0.05) is 24.5 Å². The SMILES string of the molecule is CCOC[C@@]1(CN)[C@H](S(=O)(=O)c2ccccc2)[C@@H]1c1ccccc1. The summed E-state index contributed by atoms with van der Waals surface area (Å²) in [7, 11) is -3.47. The van der Waals surface area contributed by atoms with Crippen LogP contribution < -0.4 is 5.73 Å². The molecule has 0 spiro atoms. The van der Waals surface area contributed by atoms with Gasteiger partial charge in [-0.25, -0.2) is 8.42 Å². The monoisotopic (exact) mass is 345 g/mol. The summed E-state index contributed by atoms with van der Waals surface area (Å²) >= 11 is 0. The zero-order chi connectivity index (χ0) is 17.2. The van der Waals surface area contributed by atoms with Gasteiger partial charge in [0.1, 0.15) is 0 Å². The highest BCUT2D eigenvalue weighted by Gasteiger charge is 2.70. The van der Waals surface area contributed by atoms with E-state index in [0.29, 0.717) is 18.1 Å². The predicted octanol–water partition coefficient (Wildman–Crippen LogP) is 2.61. The summed E-state index contributed by atoms with van der Waals surface area (Å²) in [6, 6.07) is 18.4. The Morgan fingerprint density at radius 3 is 2.17 bits per heavy atom. The first-order valence-electron chi connectivity index (χ1n) is 8.19. The normalized spacial score (nSPS) is 26.2. The van der Waals surface area contributed by atoms with Crippen LogP contribution in [0.5, 0.6) is 0 Å². The summed E-state index contributed by atoms with van der Waals surface area (Å²) in [6.45, 7) is 3.09. The zero-order valence-corrected chi connectivity index (χ0v) is 14.6. The van der Waals surface area contributed by atoms with Crippen molar-refractivity contribution < 1.29 is 13.2 Å². The van der Waals surface area contributed by atoms with Crippen LogP contribution in [-0.2, 0) is 14.6 Å². The van der Waals surface area contributed by atoms with Gasteiger partial charge in [-0.3, -0.25) is 0 Å². The molecule has 1 saturated carbocycles. The molecular weight excluding hydrogens is 322 g/mol. The van der Waals surface area contributed by atoms with Crippen molar-refractivity contribution in [2.75, 3.05) is 19.8 Å². The van der Waals surface area contributed by atoms with E-state index >= 15 is 0 Å². The van der Waals surface area contributed by atoms with Gasteiger partial charge in [0.15, 0.2) is 9.84 Å². The molecule has 4 nitrogen and oxygen atoms in total. The maximum atomic E-state index is 13.2. The van der Waals surface area contributed by atoms with E-state index in [1.165, 1.54) is 0 Å². The highest BCUT2D eigenvalue weighted by atomic mass is 32.2. The molecule has 0 radical (unpaired) electrons. The maximum absolute atomic E-state index is 13.2. The highest BCUT2D eigenvalue weighted by molar-refractivity contribution is 7.92. The number of nitrogens with two attached hydrogens (primary N) is 1. The first kappa shape index (κ1) is 17.1. The molecule has 0 amide bonds. The second kappa shape index (κ2) is 6.67. The largest absolute Gasteiger partial charge is 0.381 e. The topological polar surface area (TPSA) is 69.4 Å². The first-order chi connectivity index (χ1) is 11.6. The minimum absolute atomic E-state index is 0.138. The minimum Gasteiger partial charge on any atom is -0.381 e. The zero-order valence-electron chi connectivity index (χ0n) is 13.8. The average molecular weight is 345 g/mol. The molecule has 1 aliphatic rings. The number of hydrogen-bond acceptors (Lipinski definition) is 4. The molecule has 1 aliphatic carbocycles. The Morgan fingerprint density at radius 1 is 1.04 bits per heavy atom. The van der Waals surface area contributed by atoms with Crippen LogP contribution in [0.25, 0.3) is 0 Å². The van der Waals surface area contributed by atoms with Gasteiger partial charge in [0.2, 0.25) is 0 Å². The molecule has 1 fully saturated rings. The van der Waals surface area contributed by atoms with E-state index in [-0.39, 0.29) is 12.5 Å². The lowest BCUT2D eigenvalue weighted by Crippen LogP contribution is -2.29. The van der Waals surface area contributed by atoms with Crippen molar-refractivity contribution in [3.8, 4) is 0 Å². The molecule has 0 aromatic heterocycles. The molecule has 5 heteroatoms. The predicted molar refractivity (Wildman–Crippen MR) is 94.6 cm³/mol. The van der Waals surface area contributed by atoms with Gasteiger partial charge in [-0.05, 0) is 24.6 Å². The lowest BCUT2D eigenvalue weighted by Gasteiger charge is -2.16. The molecule has 2 aromatic carbocycles. The summed E-state index contributed by atoms with van der Waals surface area (Å²) in [5, 5.41) is -0.550. The van der Waals surface area contributed by atoms with Crippen LogP contribution in [-0.4, -0.2) is 33.4 Å². The summed E-state index contributed by atoms with van der Waals surface area (Å²) in [6.07, 6.45) is 0. The second-order valence-electron chi connectivity index (χ2n) is 6.24. The fourth-order valence-corrected chi connectivity index (χ4v) is 6.10. The van der Waals surface area contributed by atoms with Crippen molar-refractivity contribution in [2.45, 2.75) is 23.0 Å². The van der Waals surface area contributed by atoms with Crippen molar-refractivity contribution in [1.82, 2.24) is 0 Å². The third kappa shape index (κ3) is 2.77. The van der Waals surface area contributed by atoms with Crippen molar-refractivity contribution >= 4 is 9.84 Å². The van der Waals surface area contributed by atoms with Crippen LogP contribution in [0.4, 0.5) is 0 Å². The van der Waals surface area contributed by atoms with Crippen molar-refractivity contribution in [3.05, 3.63) is 66.2 Å². The molecule has 3 atom stereocenters. The van der Waals surface area contributed by atoms with E-state index in [0.717, 1.165) is 5.56 Å². The Morgan fingerprint density at radius 2 is 1.62 bits per heavy atom. The van der Waals surface area contributed by atoms with Gasteiger partial charge >= 0.3 is 0 Å². The molecule has 0 bridgehead atoms. The standard InChI is InChI=1S/C19H23NO3S/c1-2-23-14-19(13-20)17(15-9-5-3-6-10-15)18(19)24(21,22)16-11-7-4-8-12-16/h3-12,17-18H,2,13-14,20H2,1H3/t17-,18+,19+/m0/s1. The summed E-state index contributed by atoms with van der Waals surface area (Å²) in [4.78, 5) is 0.350. The van der Waals surface area contributed by atoms with E-state index in [1.54, 1.807) is 24.3 Å². The Balaban J connectivity index is 2.03. The highest BCUT2D eigenvalue weighted by Crippen LogP contribution is 2.63. The number of ether oxygens (including phenoxy) is 1. The third-order valence-corrected chi connectivity index (χ3v) is 7.24. The van der Waals surface area contributed by atoms with Crippen molar-refractivity contribution in [1.29, 1.82) is 0 Å². The molecular formula is C19H23NO3S. The Labute approximate surface area is 143 Å². The average Bonchev–Trinajstić information content (AvgIpc) is 3.32.